The summed E-state index contributed by atoms with van der Waals surface area (Å²) in [6.45, 7) is 3.14. The van der Waals surface area contributed by atoms with E-state index < -0.39 is 5.60 Å². The molecule has 0 bridgehead atoms. The molecule has 6 nitrogen and oxygen atoms in total. The van der Waals surface area contributed by atoms with Crippen molar-refractivity contribution in [2.75, 3.05) is 37.7 Å². The number of nitrogens with zero attached hydrogens (tertiary/aromatic N) is 3. The molecule has 1 aromatic heterocycles. The molecule has 0 aliphatic carbocycles. The zero-order valence-electron chi connectivity index (χ0n) is 13.9. The molecule has 3 heterocycles. The van der Waals surface area contributed by atoms with E-state index in [1.54, 1.807) is 24.4 Å². The maximum atomic E-state index is 13.6. The summed E-state index contributed by atoms with van der Waals surface area (Å²) in [5.41, 5.74) is 0.952. The van der Waals surface area contributed by atoms with Gasteiger partial charge in [-0.05, 0) is 37.1 Å². The summed E-state index contributed by atoms with van der Waals surface area (Å²) in [5, 5.41) is 6.59. The summed E-state index contributed by atoms with van der Waals surface area (Å²) in [5.74, 6) is -0.291. The van der Waals surface area contributed by atoms with Gasteiger partial charge >= 0.3 is 0 Å². The molecule has 2 aromatic rings. The zero-order chi connectivity index (χ0) is 17.3. The molecule has 25 heavy (non-hydrogen) atoms. The van der Waals surface area contributed by atoms with Crippen LogP contribution in [0.5, 0.6) is 0 Å². The van der Waals surface area contributed by atoms with E-state index in [2.05, 4.69) is 15.1 Å². The first-order valence-corrected chi connectivity index (χ1v) is 8.58. The minimum atomic E-state index is -0.404. The number of benzene rings is 1. The lowest BCUT2D eigenvalue weighted by atomic mass is 9.90. The third-order valence-electron chi connectivity index (χ3n) is 4.98. The van der Waals surface area contributed by atoms with Gasteiger partial charge in [0, 0.05) is 31.5 Å². The van der Waals surface area contributed by atoms with E-state index in [0.717, 1.165) is 25.1 Å². The third kappa shape index (κ3) is 3.24. The largest absolute Gasteiger partial charge is 0.369 e. The molecule has 1 amide bonds. The number of piperidine rings is 1. The molecule has 1 atom stereocenters. The highest BCUT2D eigenvalue weighted by molar-refractivity contribution is 5.92. The normalized spacial score (nSPS) is 23.9. The summed E-state index contributed by atoms with van der Waals surface area (Å²) in [6, 6.07) is 8.32. The molecule has 0 saturated carbocycles. The second kappa shape index (κ2) is 6.48. The van der Waals surface area contributed by atoms with Gasteiger partial charge in [-0.3, -0.25) is 9.89 Å². The molecule has 2 fully saturated rings. The van der Waals surface area contributed by atoms with Gasteiger partial charge in [0.1, 0.15) is 17.1 Å². The predicted octanol–water partition coefficient (Wildman–Crippen LogP) is 2.06. The Morgan fingerprint density at radius 3 is 3.00 bits per heavy atom. The van der Waals surface area contributed by atoms with Crippen molar-refractivity contribution in [2.24, 2.45) is 0 Å². The van der Waals surface area contributed by atoms with Crippen molar-refractivity contribution in [3.8, 4) is 0 Å². The number of nitrogens with one attached hydrogen (secondary N) is 1. The molecule has 4 rings (SSSR count). The van der Waals surface area contributed by atoms with E-state index >= 15 is 0 Å². The second-order valence-electron chi connectivity index (χ2n) is 6.73. The number of amides is 1. The molecular formula is C18H21FN4O2. The predicted molar refractivity (Wildman–Crippen MR) is 91.0 cm³/mol. The van der Waals surface area contributed by atoms with Crippen LogP contribution in [0.4, 0.5) is 10.1 Å². The molecule has 2 saturated heterocycles. The fourth-order valence-corrected chi connectivity index (χ4v) is 3.80. The molecular weight excluding hydrogens is 323 g/mol. The van der Waals surface area contributed by atoms with Crippen LogP contribution in [0.1, 0.15) is 23.3 Å². The zero-order valence-corrected chi connectivity index (χ0v) is 13.9. The van der Waals surface area contributed by atoms with Crippen molar-refractivity contribution in [1.29, 1.82) is 0 Å². The first-order chi connectivity index (χ1) is 12.2. The molecule has 7 heteroatoms. The van der Waals surface area contributed by atoms with E-state index in [0.29, 0.717) is 31.9 Å². The van der Waals surface area contributed by atoms with Gasteiger partial charge in [-0.25, -0.2) is 4.39 Å². The Labute approximate surface area is 145 Å². The van der Waals surface area contributed by atoms with Crippen molar-refractivity contribution in [1.82, 2.24) is 15.1 Å². The van der Waals surface area contributed by atoms with Crippen LogP contribution in [0, 0.1) is 5.82 Å². The van der Waals surface area contributed by atoms with E-state index in [9.17, 15) is 9.18 Å². The number of anilines is 1. The molecule has 2 aliphatic rings. The van der Waals surface area contributed by atoms with E-state index in [-0.39, 0.29) is 11.7 Å². The number of morpholine rings is 1. The Kier molecular flexibility index (Phi) is 4.17. The number of aromatic amines is 1. The monoisotopic (exact) mass is 344 g/mol. The summed E-state index contributed by atoms with van der Waals surface area (Å²) < 4.78 is 19.7. The van der Waals surface area contributed by atoms with Crippen LogP contribution in [-0.2, 0) is 4.74 Å². The van der Waals surface area contributed by atoms with Crippen molar-refractivity contribution in [3.05, 3.63) is 48.0 Å². The average Bonchev–Trinajstić information content (AvgIpc) is 3.16. The van der Waals surface area contributed by atoms with Crippen LogP contribution in [0.15, 0.2) is 36.5 Å². The topological polar surface area (TPSA) is 61.5 Å². The number of halogens is 1. The van der Waals surface area contributed by atoms with Crippen LogP contribution in [0.3, 0.4) is 0 Å². The summed E-state index contributed by atoms with van der Waals surface area (Å²) in [4.78, 5) is 16.6. The van der Waals surface area contributed by atoms with Gasteiger partial charge in [0.25, 0.3) is 5.91 Å². The molecule has 1 spiro atoms. The van der Waals surface area contributed by atoms with Crippen molar-refractivity contribution < 1.29 is 13.9 Å². The number of carbonyl (C=O) groups excluding carboxylic acids is 1. The van der Waals surface area contributed by atoms with Crippen LogP contribution >= 0.6 is 0 Å². The number of ether oxygens (including phenoxy) is 1. The highest BCUT2D eigenvalue weighted by atomic mass is 19.1. The lowest BCUT2D eigenvalue weighted by molar-refractivity contribution is -0.105. The van der Waals surface area contributed by atoms with Crippen LogP contribution < -0.4 is 4.90 Å². The first kappa shape index (κ1) is 16.1. The fourth-order valence-electron chi connectivity index (χ4n) is 3.80. The Bertz CT molecular complexity index is 747. The summed E-state index contributed by atoms with van der Waals surface area (Å²) >= 11 is 0. The van der Waals surface area contributed by atoms with Crippen molar-refractivity contribution >= 4 is 11.6 Å². The Morgan fingerprint density at radius 2 is 2.20 bits per heavy atom. The first-order valence-electron chi connectivity index (χ1n) is 8.58. The number of aromatic nitrogens is 2. The van der Waals surface area contributed by atoms with E-state index in [4.69, 9.17) is 4.74 Å². The van der Waals surface area contributed by atoms with Crippen LogP contribution in [0.25, 0.3) is 0 Å². The molecule has 132 valence electrons. The van der Waals surface area contributed by atoms with Gasteiger partial charge in [0.15, 0.2) is 0 Å². The van der Waals surface area contributed by atoms with E-state index in [1.807, 2.05) is 11.0 Å². The maximum absolute atomic E-state index is 13.6. The lowest BCUT2D eigenvalue weighted by Gasteiger charge is -2.48. The number of hydrogen-bond donors (Lipinski definition) is 1. The fraction of sp³-hybridized carbons (Fsp3) is 0.444. The molecule has 1 aromatic carbocycles. The minimum Gasteiger partial charge on any atom is -0.369 e. The van der Waals surface area contributed by atoms with Gasteiger partial charge in [0.2, 0.25) is 0 Å². The molecule has 0 radical (unpaired) electrons. The Hall–Kier alpha value is -2.41. The molecule has 2 aliphatic heterocycles. The number of hydrogen-bond acceptors (Lipinski definition) is 4. The van der Waals surface area contributed by atoms with Crippen molar-refractivity contribution in [2.45, 2.75) is 18.4 Å². The van der Waals surface area contributed by atoms with Crippen LogP contribution in [0.2, 0.25) is 0 Å². The number of carbonyl (C=O) groups is 1. The smallest absolute Gasteiger partial charge is 0.272 e. The van der Waals surface area contributed by atoms with Gasteiger partial charge in [-0.15, -0.1) is 0 Å². The highest BCUT2D eigenvalue weighted by Gasteiger charge is 2.42. The highest BCUT2D eigenvalue weighted by Crippen LogP contribution is 2.32. The van der Waals surface area contributed by atoms with Crippen molar-refractivity contribution in [3.63, 3.8) is 0 Å². The average molecular weight is 344 g/mol. The minimum absolute atomic E-state index is 0.0527. The maximum Gasteiger partial charge on any atom is 0.272 e. The molecule has 0 unspecified atom stereocenters. The summed E-state index contributed by atoms with van der Waals surface area (Å²) in [7, 11) is 0. The number of H-pyrrole nitrogens is 1. The Morgan fingerprint density at radius 1 is 1.28 bits per heavy atom. The summed E-state index contributed by atoms with van der Waals surface area (Å²) in [6.07, 6.45) is 3.42. The number of rotatable bonds is 2. The third-order valence-corrected chi connectivity index (χ3v) is 4.98. The second-order valence-corrected chi connectivity index (χ2v) is 6.73. The van der Waals surface area contributed by atoms with Gasteiger partial charge in [-0.2, -0.15) is 5.10 Å². The SMILES string of the molecule is O=C(c1ccn[nH]1)N1CCO[C@@]2(CCCN(c3cccc(F)c3)C2)C1. The Balaban J connectivity index is 1.51. The van der Waals surface area contributed by atoms with Gasteiger partial charge in [-0.1, -0.05) is 6.07 Å². The van der Waals surface area contributed by atoms with Crippen LogP contribution in [-0.4, -0.2) is 59.4 Å². The van der Waals surface area contributed by atoms with Gasteiger partial charge in [0.05, 0.1) is 13.2 Å². The van der Waals surface area contributed by atoms with Gasteiger partial charge < -0.3 is 14.5 Å². The quantitative estimate of drug-likeness (QED) is 0.906. The standard InChI is InChI=1S/C18H21FN4O2/c19-14-3-1-4-15(11-14)22-8-2-6-18(12-22)13-23(9-10-25-18)17(24)16-5-7-20-21-16/h1,3-5,7,11H,2,6,8-10,12-13H2,(H,20,21)/t18-/m1/s1. The lowest BCUT2D eigenvalue weighted by Crippen LogP contribution is -2.60. The van der Waals surface area contributed by atoms with E-state index in [1.165, 1.54) is 6.07 Å². The molecule has 1 N–H and O–H groups in total.